The number of aliphatic hydroxyl groups excluding tert-OH is 1. The Hall–Kier alpha value is -0.510. The molecule has 19 heavy (non-hydrogen) atoms. The zero-order valence-electron chi connectivity index (χ0n) is 11.8. The van der Waals surface area contributed by atoms with Crippen LogP contribution in [0.5, 0.6) is 0 Å². The van der Waals surface area contributed by atoms with Gasteiger partial charge in [0, 0.05) is 4.90 Å². The summed E-state index contributed by atoms with van der Waals surface area (Å²) in [5.41, 5.74) is 1.38. The molecule has 0 spiro atoms. The topological polar surface area (TPSA) is 32.3 Å². The number of aliphatic hydroxyl groups is 1. The van der Waals surface area contributed by atoms with Crippen molar-refractivity contribution in [3.63, 3.8) is 0 Å². The molecule has 1 heterocycles. The van der Waals surface area contributed by atoms with Gasteiger partial charge in [0.05, 0.1) is 6.10 Å². The molecule has 1 aromatic carbocycles. The molecular weight excluding hydrogens is 254 g/mol. The summed E-state index contributed by atoms with van der Waals surface area (Å²) >= 11 is 1.78. The molecular formula is C16H25NOS. The number of aryl methyl sites for hydroxylation is 1. The lowest BCUT2D eigenvalue weighted by Gasteiger charge is -2.27. The monoisotopic (exact) mass is 279 g/mol. The lowest BCUT2D eigenvalue weighted by molar-refractivity contribution is 0.0793. The molecule has 3 heteroatoms. The Morgan fingerprint density at radius 2 is 1.95 bits per heavy atom. The molecule has 2 nitrogen and oxygen atoms in total. The summed E-state index contributed by atoms with van der Waals surface area (Å²) in [5.74, 6) is 0.514. The van der Waals surface area contributed by atoms with E-state index in [2.05, 4.69) is 35.8 Å². The van der Waals surface area contributed by atoms with Gasteiger partial charge < -0.3 is 10.4 Å². The van der Waals surface area contributed by atoms with Gasteiger partial charge in [-0.05, 0) is 75.1 Å². The van der Waals surface area contributed by atoms with Crippen molar-refractivity contribution in [1.82, 2.24) is 5.32 Å². The van der Waals surface area contributed by atoms with Gasteiger partial charge in [-0.1, -0.05) is 12.1 Å². The highest BCUT2D eigenvalue weighted by Gasteiger charge is 2.20. The van der Waals surface area contributed by atoms with Crippen molar-refractivity contribution in [2.75, 3.05) is 19.3 Å². The fraction of sp³-hybridized carbons (Fsp3) is 0.625. The van der Waals surface area contributed by atoms with Crippen LogP contribution in [0.25, 0.3) is 0 Å². The molecule has 0 amide bonds. The van der Waals surface area contributed by atoms with Crippen molar-refractivity contribution in [2.45, 2.75) is 43.1 Å². The van der Waals surface area contributed by atoms with Gasteiger partial charge in [-0.3, -0.25) is 0 Å². The van der Waals surface area contributed by atoms with Crippen molar-refractivity contribution in [3.05, 3.63) is 29.8 Å². The second-order valence-electron chi connectivity index (χ2n) is 5.40. The summed E-state index contributed by atoms with van der Waals surface area (Å²) in [7, 11) is 0. The van der Waals surface area contributed by atoms with Crippen LogP contribution in [0.15, 0.2) is 29.2 Å². The van der Waals surface area contributed by atoms with E-state index in [1.54, 1.807) is 11.8 Å². The van der Waals surface area contributed by atoms with Gasteiger partial charge in [0.1, 0.15) is 0 Å². The third-order valence-electron chi connectivity index (χ3n) is 4.05. The fourth-order valence-corrected chi connectivity index (χ4v) is 3.18. The van der Waals surface area contributed by atoms with Crippen LogP contribution in [0.1, 0.15) is 31.2 Å². The molecule has 2 rings (SSSR count). The zero-order chi connectivity index (χ0) is 13.5. The van der Waals surface area contributed by atoms with Crippen LogP contribution in [0.3, 0.4) is 0 Å². The summed E-state index contributed by atoms with van der Waals surface area (Å²) in [6.07, 6.45) is 7.36. The van der Waals surface area contributed by atoms with Gasteiger partial charge in [-0.2, -0.15) is 0 Å². The van der Waals surface area contributed by atoms with Gasteiger partial charge in [0.15, 0.2) is 0 Å². The zero-order valence-corrected chi connectivity index (χ0v) is 12.6. The third-order valence-corrected chi connectivity index (χ3v) is 4.80. The van der Waals surface area contributed by atoms with Crippen molar-refractivity contribution in [3.8, 4) is 0 Å². The van der Waals surface area contributed by atoms with E-state index in [1.807, 2.05) is 0 Å². The van der Waals surface area contributed by atoms with E-state index in [1.165, 1.54) is 10.5 Å². The number of hydrogen-bond donors (Lipinski definition) is 2. The van der Waals surface area contributed by atoms with Crippen molar-refractivity contribution in [2.24, 2.45) is 5.92 Å². The highest BCUT2D eigenvalue weighted by molar-refractivity contribution is 7.98. The van der Waals surface area contributed by atoms with Crippen LogP contribution in [-0.4, -0.2) is 30.6 Å². The van der Waals surface area contributed by atoms with E-state index >= 15 is 0 Å². The predicted octanol–water partition coefficient (Wildman–Crippen LogP) is 3.09. The molecule has 0 radical (unpaired) electrons. The van der Waals surface area contributed by atoms with Gasteiger partial charge in [0.2, 0.25) is 0 Å². The Bertz CT molecular complexity index is 360. The molecule has 1 saturated heterocycles. The second-order valence-corrected chi connectivity index (χ2v) is 6.27. The lowest BCUT2D eigenvalue weighted by atomic mass is 9.89. The predicted molar refractivity (Wildman–Crippen MR) is 82.8 cm³/mol. The van der Waals surface area contributed by atoms with Crippen LogP contribution in [0, 0.1) is 5.92 Å². The quantitative estimate of drug-likeness (QED) is 0.785. The minimum absolute atomic E-state index is 0.104. The number of benzene rings is 1. The Balaban J connectivity index is 1.69. The molecule has 2 N–H and O–H groups in total. The Kier molecular flexibility index (Phi) is 6.21. The lowest BCUT2D eigenvalue weighted by Crippen LogP contribution is -2.34. The van der Waals surface area contributed by atoms with Crippen LogP contribution in [-0.2, 0) is 6.42 Å². The normalized spacial score (nSPS) is 18.4. The average molecular weight is 279 g/mol. The highest BCUT2D eigenvalue weighted by atomic mass is 32.2. The third kappa shape index (κ3) is 4.83. The summed E-state index contributed by atoms with van der Waals surface area (Å²) in [6, 6.07) is 8.79. The first-order chi connectivity index (χ1) is 9.29. The fourth-order valence-electron chi connectivity index (χ4n) is 2.77. The second kappa shape index (κ2) is 7.93. The molecule has 1 atom stereocenters. The summed E-state index contributed by atoms with van der Waals surface area (Å²) in [6.45, 7) is 2.13. The SMILES string of the molecule is CSc1ccc(CCCC(O)C2CCNCC2)cc1. The molecule has 1 unspecified atom stereocenters. The maximum absolute atomic E-state index is 10.2. The smallest absolute Gasteiger partial charge is 0.0569 e. The number of hydrogen-bond acceptors (Lipinski definition) is 3. The van der Waals surface area contributed by atoms with E-state index in [0.717, 1.165) is 45.2 Å². The number of rotatable bonds is 6. The van der Waals surface area contributed by atoms with E-state index in [0.29, 0.717) is 5.92 Å². The average Bonchev–Trinajstić information content (AvgIpc) is 2.49. The van der Waals surface area contributed by atoms with Crippen molar-refractivity contribution < 1.29 is 5.11 Å². The Morgan fingerprint density at radius 3 is 2.58 bits per heavy atom. The standard InChI is InChI=1S/C16H25NOS/c1-19-15-7-5-13(6-8-15)3-2-4-16(18)14-9-11-17-12-10-14/h5-8,14,16-18H,2-4,9-12H2,1H3. The largest absolute Gasteiger partial charge is 0.393 e. The molecule has 0 saturated carbocycles. The summed E-state index contributed by atoms with van der Waals surface area (Å²) in [5, 5.41) is 13.6. The van der Waals surface area contributed by atoms with Crippen LogP contribution >= 0.6 is 11.8 Å². The molecule has 1 aliphatic rings. The van der Waals surface area contributed by atoms with E-state index in [4.69, 9.17) is 0 Å². The maximum atomic E-state index is 10.2. The van der Waals surface area contributed by atoms with Crippen LogP contribution in [0.2, 0.25) is 0 Å². The summed E-state index contributed by atoms with van der Waals surface area (Å²) < 4.78 is 0. The Morgan fingerprint density at radius 1 is 1.26 bits per heavy atom. The highest BCUT2D eigenvalue weighted by Crippen LogP contribution is 2.21. The van der Waals surface area contributed by atoms with Crippen LogP contribution in [0.4, 0.5) is 0 Å². The van der Waals surface area contributed by atoms with E-state index in [9.17, 15) is 5.11 Å². The Labute approximate surface area is 121 Å². The maximum Gasteiger partial charge on any atom is 0.0569 e. The number of nitrogens with one attached hydrogen (secondary N) is 1. The molecule has 0 aliphatic carbocycles. The molecule has 1 aliphatic heterocycles. The molecule has 0 bridgehead atoms. The van der Waals surface area contributed by atoms with Crippen molar-refractivity contribution in [1.29, 1.82) is 0 Å². The number of thioether (sulfide) groups is 1. The number of piperidine rings is 1. The van der Waals surface area contributed by atoms with Gasteiger partial charge in [0.25, 0.3) is 0 Å². The summed E-state index contributed by atoms with van der Waals surface area (Å²) in [4.78, 5) is 1.32. The first kappa shape index (κ1) is 14.9. The molecule has 0 aromatic heterocycles. The van der Waals surface area contributed by atoms with Gasteiger partial charge in [-0.25, -0.2) is 0 Å². The van der Waals surface area contributed by atoms with Gasteiger partial charge >= 0.3 is 0 Å². The van der Waals surface area contributed by atoms with E-state index < -0.39 is 0 Å². The van der Waals surface area contributed by atoms with E-state index in [-0.39, 0.29) is 6.10 Å². The minimum atomic E-state index is -0.104. The first-order valence-corrected chi connectivity index (χ1v) is 8.54. The first-order valence-electron chi connectivity index (χ1n) is 7.31. The molecule has 1 aromatic rings. The molecule has 1 fully saturated rings. The minimum Gasteiger partial charge on any atom is -0.393 e. The van der Waals surface area contributed by atoms with Crippen molar-refractivity contribution >= 4 is 11.8 Å². The molecule has 106 valence electrons. The van der Waals surface area contributed by atoms with Gasteiger partial charge in [-0.15, -0.1) is 11.8 Å². The van der Waals surface area contributed by atoms with Crippen LogP contribution < -0.4 is 5.32 Å².